The minimum Gasteiger partial charge on any atom is -0.495 e. The maximum Gasteiger partial charge on any atom is 0.278 e. The Bertz CT molecular complexity index is 2480. The number of ether oxygens (including phenoxy) is 1. The molecule has 0 saturated carbocycles. The fourth-order valence-electron chi connectivity index (χ4n) is 5.74. The molecule has 54 heavy (non-hydrogen) atoms. The molecule has 0 unspecified atom stereocenters. The summed E-state index contributed by atoms with van der Waals surface area (Å²) in [5.74, 6) is -1.55. The molecule has 5 aromatic rings. The van der Waals surface area contributed by atoms with Crippen LogP contribution in [0.1, 0.15) is 32.2 Å². The fraction of sp³-hybridized carbons (Fsp3) is 0.216. The molecule has 4 aromatic carbocycles. The van der Waals surface area contributed by atoms with E-state index in [4.69, 9.17) is 49.5 Å². The van der Waals surface area contributed by atoms with Gasteiger partial charge in [0.1, 0.15) is 11.3 Å². The van der Waals surface area contributed by atoms with Crippen molar-refractivity contribution in [1.82, 2.24) is 14.3 Å². The van der Waals surface area contributed by atoms with Crippen LogP contribution in [-0.2, 0) is 19.6 Å². The summed E-state index contributed by atoms with van der Waals surface area (Å²) in [5.41, 5.74) is 0.990. The zero-order valence-electron chi connectivity index (χ0n) is 30.0. The summed E-state index contributed by atoms with van der Waals surface area (Å²) in [6, 6.07) is 16.8. The number of halogens is 3. The Morgan fingerprint density at radius 2 is 1.63 bits per heavy atom. The predicted molar refractivity (Wildman–Crippen MR) is 215 cm³/mol. The van der Waals surface area contributed by atoms with E-state index in [1.165, 1.54) is 57.5 Å². The molecule has 282 valence electrons. The summed E-state index contributed by atoms with van der Waals surface area (Å²) >= 11 is 19.7. The van der Waals surface area contributed by atoms with Crippen LogP contribution in [0.3, 0.4) is 0 Å². The number of sulfonamides is 1. The molecule has 1 heterocycles. The van der Waals surface area contributed by atoms with E-state index in [1.807, 2.05) is 32.9 Å². The smallest absolute Gasteiger partial charge is 0.278 e. The highest BCUT2D eigenvalue weighted by Gasteiger charge is 2.28. The number of nitrogens with one attached hydrogen (secondary N) is 3. The number of rotatable bonds is 12. The number of anilines is 3. The average molecular weight is 813 g/mol. The number of aryl methyl sites for hydroxylation is 1. The van der Waals surface area contributed by atoms with Crippen molar-refractivity contribution in [3.05, 3.63) is 104 Å². The summed E-state index contributed by atoms with van der Waals surface area (Å²) in [6.45, 7) is 8.69. The third-order valence-electron chi connectivity index (χ3n) is 8.38. The van der Waals surface area contributed by atoms with E-state index in [0.717, 1.165) is 23.3 Å². The Kier molecular flexibility index (Phi) is 12.3. The van der Waals surface area contributed by atoms with Crippen molar-refractivity contribution in [1.29, 1.82) is 0 Å². The summed E-state index contributed by atoms with van der Waals surface area (Å²) < 4.78 is 34.3. The number of methoxy groups -OCH3 is 1. The van der Waals surface area contributed by atoms with Crippen LogP contribution in [0.15, 0.2) is 81.4 Å². The van der Waals surface area contributed by atoms with Crippen molar-refractivity contribution in [3.8, 4) is 11.4 Å². The van der Waals surface area contributed by atoms with Gasteiger partial charge < -0.3 is 20.3 Å². The predicted octanol–water partition coefficient (Wildman–Crippen LogP) is 7.14. The second-order valence-corrected chi connectivity index (χ2v) is 14.9. The summed E-state index contributed by atoms with van der Waals surface area (Å²) in [4.78, 5) is 53.2. The third kappa shape index (κ3) is 8.22. The quantitative estimate of drug-likeness (QED) is 0.112. The zero-order chi connectivity index (χ0) is 39.5. The number of benzene rings is 4. The molecule has 1 aromatic heterocycles. The standard InChI is InChI=1S/C37H36Cl3N7O6S/c1-7-46(8-2)23-12-14-28(20(3)16-23)43-33(36(49)44-30-19-24(54(51,52)41-5)13-15-31(30)53-6)35-45-32-25(10-9-11-29(32)42-21(4)48)37(50)47(35)34-26(39)17-22(38)18-27(34)40/h9-19,41H,7-8H2,1-6H3,(H,42,48)(H,44,49)/b43-33-. The number of hydrogen-bond acceptors (Lipinski definition) is 9. The lowest BCUT2D eigenvalue weighted by atomic mass is 10.1. The third-order valence-corrected chi connectivity index (χ3v) is 10.6. The van der Waals surface area contributed by atoms with Gasteiger partial charge in [0.05, 0.1) is 50.2 Å². The summed E-state index contributed by atoms with van der Waals surface area (Å²) in [6.07, 6.45) is 0. The van der Waals surface area contributed by atoms with Crippen LogP contribution in [0, 0.1) is 6.92 Å². The molecule has 0 spiro atoms. The van der Waals surface area contributed by atoms with E-state index in [2.05, 4.69) is 20.3 Å². The molecule has 0 saturated heterocycles. The van der Waals surface area contributed by atoms with Gasteiger partial charge in [-0.05, 0) is 94.0 Å². The van der Waals surface area contributed by atoms with Crippen LogP contribution in [0.4, 0.5) is 22.7 Å². The van der Waals surface area contributed by atoms with E-state index >= 15 is 0 Å². The van der Waals surface area contributed by atoms with Crippen LogP contribution in [-0.4, -0.2) is 62.7 Å². The lowest BCUT2D eigenvalue weighted by Crippen LogP contribution is -2.33. The molecule has 0 aliphatic carbocycles. The lowest BCUT2D eigenvalue weighted by Gasteiger charge is -2.22. The Labute approximate surface area is 327 Å². The number of nitrogens with zero attached hydrogens (tertiary/aromatic N) is 4. The minimum atomic E-state index is -3.95. The number of carbonyl (C=O) groups is 2. The topological polar surface area (TPSA) is 164 Å². The number of fused-ring (bicyclic) bond motifs is 1. The first-order valence-corrected chi connectivity index (χ1v) is 19.1. The minimum absolute atomic E-state index is 0.0312. The molecule has 13 nitrogen and oxygen atoms in total. The number of carbonyl (C=O) groups excluding carboxylic acids is 2. The van der Waals surface area contributed by atoms with Crippen LogP contribution >= 0.6 is 34.8 Å². The Morgan fingerprint density at radius 3 is 2.22 bits per heavy atom. The number of amides is 2. The molecule has 0 radical (unpaired) electrons. The molecule has 0 bridgehead atoms. The molecule has 17 heteroatoms. The number of hydrogen-bond donors (Lipinski definition) is 3. The van der Waals surface area contributed by atoms with E-state index in [9.17, 15) is 22.8 Å². The van der Waals surface area contributed by atoms with Crippen LogP contribution in [0.5, 0.6) is 5.75 Å². The van der Waals surface area contributed by atoms with Gasteiger partial charge in [0.2, 0.25) is 15.9 Å². The molecule has 0 aliphatic rings. The fourth-order valence-corrected chi connectivity index (χ4v) is 7.48. The van der Waals surface area contributed by atoms with Gasteiger partial charge in [-0.1, -0.05) is 40.9 Å². The van der Waals surface area contributed by atoms with Crippen LogP contribution < -0.4 is 30.6 Å². The van der Waals surface area contributed by atoms with Crippen molar-refractivity contribution < 1.29 is 22.7 Å². The first-order chi connectivity index (χ1) is 25.6. The highest BCUT2D eigenvalue weighted by molar-refractivity contribution is 7.89. The molecule has 0 atom stereocenters. The molecular formula is C37H36Cl3N7O6S. The Morgan fingerprint density at radius 1 is 0.944 bits per heavy atom. The second kappa shape index (κ2) is 16.6. The monoisotopic (exact) mass is 811 g/mol. The molecular weight excluding hydrogens is 777 g/mol. The molecule has 2 amide bonds. The number of para-hydroxylation sites is 1. The van der Waals surface area contributed by atoms with Gasteiger partial charge >= 0.3 is 0 Å². The van der Waals surface area contributed by atoms with E-state index in [0.29, 0.717) is 11.3 Å². The SMILES string of the molecule is CCN(CC)c1ccc(/N=C(\C(=O)Nc2cc(S(=O)(=O)NC)ccc2OC)c2nc3c(NC(C)=O)cccc3c(=O)n2-c2c(Cl)cc(Cl)cc2Cl)c(C)c1. The number of aromatic nitrogens is 2. The first kappa shape index (κ1) is 40.2. The second-order valence-electron chi connectivity index (χ2n) is 11.8. The molecule has 0 aliphatic heterocycles. The van der Waals surface area contributed by atoms with Gasteiger partial charge in [-0.3, -0.25) is 19.0 Å². The van der Waals surface area contributed by atoms with E-state index < -0.39 is 33.1 Å². The van der Waals surface area contributed by atoms with Crippen LogP contribution in [0.2, 0.25) is 15.1 Å². The van der Waals surface area contributed by atoms with Gasteiger partial charge in [0.15, 0.2) is 11.5 Å². The molecule has 3 N–H and O–H groups in total. The largest absolute Gasteiger partial charge is 0.495 e. The first-order valence-electron chi connectivity index (χ1n) is 16.5. The van der Waals surface area contributed by atoms with Gasteiger partial charge in [0, 0.05) is 30.7 Å². The van der Waals surface area contributed by atoms with Crippen LogP contribution in [0.25, 0.3) is 16.6 Å². The summed E-state index contributed by atoms with van der Waals surface area (Å²) in [7, 11) is -1.34. The van der Waals surface area contributed by atoms with Gasteiger partial charge in [-0.2, -0.15) is 0 Å². The van der Waals surface area contributed by atoms with Crippen molar-refractivity contribution in [2.45, 2.75) is 32.6 Å². The Hall–Kier alpha value is -4.99. The number of aliphatic imine (C=N–C) groups is 1. The maximum atomic E-state index is 14.7. The van der Waals surface area contributed by atoms with Gasteiger partial charge in [-0.15, -0.1) is 0 Å². The average Bonchev–Trinajstić information content (AvgIpc) is 3.12. The zero-order valence-corrected chi connectivity index (χ0v) is 33.1. The highest BCUT2D eigenvalue weighted by Crippen LogP contribution is 2.35. The molecule has 5 rings (SSSR count). The van der Waals surface area contributed by atoms with Crippen molar-refractivity contribution in [2.24, 2.45) is 4.99 Å². The molecule has 0 fully saturated rings. The van der Waals surface area contributed by atoms with Crippen molar-refractivity contribution in [2.75, 3.05) is 42.8 Å². The van der Waals surface area contributed by atoms with Crippen molar-refractivity contribution >= 4 is 96.0 Å². The normalized spacial score (nSPS) is 11.8. The van der Waals surface area contributed by atoms with E-state index in [-0.39, 0.29) is 59.5 Å². The van der Waals surface area contributed by atoms with Gasteiger partial charge in [-0.25, -0.2) is 23.1 Å². The Balaban J connectivity index is 1.89. The maximum absolute atomic E-state index is 14.7. The highest BCUT2D eigenvalue weighted by atomic mass is 35.5. The lowest BCUT2D eigenvalue weighted by molar-refractivity contribution is -0.114. The van der Waals surface area contributed by atoms with Gasteiger partial charge in [0.25, 0.3) is 11.5 Å². The van der Waals surface area contributed by atoms with E-state index in [1.54, 1.807) is 18.2 Å². The van der Waals surface area contributed by atoms with Crippen molar-refractivity contribution in [3.63, 3.8) is 0 Å². The summed E-state index contributed by atoms with van der Waals surface area (Å²) in [5, 5.41) is 5.55.